The number of likely N-dealkylation sites (N-methyl/N-ethyl adjacent to an activating group) is 1. The third-order valence-electron chi connectivity index (χ3n) is 10.8. The molecule has 1 rings (SSSR count). The van der Waals surface area contributed by atoms with Crippen LogP contribution in [0.1, 0.15) is 168 Å². The molecular formula is C44H83NO12P+. The summed E-state index contributed by atoms with van der Waals surface area (Å²) >= 11 is 0. The Morgan fingerprint density at radius 3 is 1.86 bits per heavy atom. The molecule has 14 heteroatoms. The van der Waals surface area contributed by atoms with Crippen LogP contribution in [0.4, 0.5) is 0 Å². The monoisotopic (exact) mass is 849 g/mol. The smallest absolute Gasteiger partial charge is 0.462 e. The van der Waals surface area contributed by atoms with Crippen molar-refractivity contribution in [3.05, 3.63) is 12.2 Å². The van der Waals surface area contributed by atoms with Gasteiger partial charge in [0.1, 0.15) is 25.5 Å². The zero-order chi connectivity index (χ0) is 43.2. The van der Waals surface area contributed by atoms with Crippen LogP contribution in [0.3, 0.4) is 0 Å². The Morgan fingerprint density at radius 2 is 1.26 bits per heavy atom. The second kappa shape index (κ2) is 32.1. The van der Waals surface area contributed by atoms with Crippen LogP contribution in [-0.2, 0) is 37.5 Å². The number of quaternary nitrogens is 1. The van der Waals surface area contributed by atoms with Crippen molar-refractivity contribution in [1.29, 1.82) is 0 Å². The van der Waals surface area contributed by atoms with Gasteiger partial charge in [0.2, 0.25) is 0 Å². The van der Waals surface area contributed by atoms with Crippen molar-refractivity contribution in [3.63, 3.8) is 0 Å². The van der Waals surface area contributed by atoms with Gasteiger partial charge >= 0.3 is 19.8 Å². The van der Waals surface area contributed by atoms with Crippen molar-refractivity contribution < 1.29 is 62.2 Å². The molecule has 1 unspecified atom stereocenters. The van der Waals surface area contributed by atoms with E-state index in [2.05, 4.69) is 13.8 Å². The van der Waals surface area contributed by atoms with E-state index in [1.165, 1.54) is 57.8 Å². The number of carbonyl (C=O) groups is 3. The Balaban J connectivity index is 2.52. The Hall–Kier alpha value is -1.70. The van der Waals surface area contributed by atoms with E-state index in [0.717, 1.165) is 38.5 Å². The molecule has 1 saturated carbocycles. The van der Waals surface area contributed by atoms with Gasteiger partial charge in [-0.05, 0) is 25.7 Å². The zero-order valence-electron chi connectivity index (χ0n) is 36.9. The Labute approximate surface area is 350 Å². The first-order chi connectivity index (χ1) is 27.6. The van der Waals surface area contributed by atoms with E-state index in [-0.39, 0.29) is 51.1 Å². The number of aliphatic hydroxyl groups excluding tert-OH is 3. The molecule has 0 spiro atoms. The number of ketones is 1. The van der Waals surface area contributed by atoms with Crippen molar-refractivity contribution in [2.75, 3.05) is 47.5 Å². The molecule has 7 atom stereocenters. The Morgan fingerprint density at radius 1 is 0.724 bits per heavy atom. The molecule has 1 fully saturated rings. The van der Waals surface area contributed by atoms with Crippen molar-refractivity contribution in [1.82, 2.24) is 0 Å². The van der Waals surface area contributed by atoms with Gasteiger partial charge in [-0.2, -0.15) is 0 Å². The quantitative estimate of drug-likeness (QED) is 0.0155. The number of phosphoric ester groups is 1. The highest BCUT2D eigenvalue weighted by molar-refractivity contribution is 7.47. The molecule has 4 N–H and O–H groups in total. The number of Topliss-reactive ketones (excluding diaryl/α,β-unsaturated/α-hetero) is 1. The molecule has 13 nitrogen and oxygen atoms in total. The number of nitrogens with zero attached hydrogens (tertiary/aromatic N) is 1. The number of hydrogen-bond acceptors (Lipinski definition) is 11. The minimum Gasteiger partial charge on any atom is -0.462 e. The average molecular weight is 849 g/mol. The number of hydrogen-bond donors (Lipinski definition) is 4. The number of esters is 2. The van der Waals surface area contributed by atoms with Gasteiger partial charge in [-0.25, -0.2) is 4.57 Å². The number of ether oxygens (including phenoxy) is 2. The van der Waals surface area contributed by atoms with Crippen LogP contribution in [0.25, 0.3) is 0 Å². The van der Waals surface area contributed by atoms with Crippen molar-refractivity contribution >= 4 is 25.5 Å². The van der Waals surface area contributed by atoms with Gasteiger partial charge in [0.05, 0.1) is 46.1 Å². The van der Waals surface area contributed by atoms with Crippen molar-refractivity contribution in [2.24, 2.45) is 11.8 Å². The molecule has 340 valence electrons. The fraction of sp³-hybridized carbons (Fsp3) is 0.886. The molecule has 0 radical (unpaired) electrons. The van der Waals surface area contributed by atoms with Crippen molar-refractivity contribution in [3.8, 4) is 0 Å². The topological polar surface area (TPSA) is 186 Å². The van der Waals surface area contributed by atoms with E-state index in [9.17, 15) is 39.2 Å². The normalized spacial score (nSPS) is 20.6. The number of aliphatic hydroxyl groups is 3. The van der Waals surface area contributed by atoms with E-state index < -0.39 is 62.6 Å². The fourth-order valence-corrected chi connectivity index (χ4v) is 7.87. The molecule has 0 heterocycles. The lowest BCUT2D eigenvalue weighted by atomic mass is 9.87. The summed E-state index contributed by atoms with van der Waals surface area (Å²) in [5.41, 5.74) is 0. The lowest BCUT2D eigenvalue weighted by Gasteiger charge is -2.24. The van der Waals surface area contributed by atoms with Crippen LogP contribution in [0, 0.1) is 11.8 Å². The first-order valence-corrected chi connectivity index (χ1v) is 24.1. The molecule has 0 aromatic carbocycles. The summed E-state index contributed by atoms with van der Waals surface area (Å²) in [6, 6.07) is 0. The number of unbranched alkanes of at least 4 members (excludes halogenated alkanes) is 15. The van der Waals surface area contributed by atoms with Crippen LogP contribution in [0.5, 0.6) is 0 Å². The summed E-state index contributed by atoms with van der Waals surface area (Å²) < 4.78 is 34.1. The highest BCUT2D eigenvalue weighted by Crippen LogP contribution is 2.43. The summed E-state index contributed by atoms with van der Waals surface area (Å²) in [5.74, 6) is -2.04. The largest absolute Gasteiger partial charge is 0.472 e. The second-order valence-electron chi connectivity index (χ2n) is 17.4. The van der Waals surface area contributed by atoms with Gasteiger partial charge < -0.3 is 34.2 Å². The lowest BCUT2D eigenvalue weighted by Crippen LogP contribution is -2.37. The highest BCUT2D eigenvalue weighted by atomic mass is 31.2. The fourth-order valence-electron chi connectivity index (χ4n) is 7.13. The predicted octanol–water partition coefficient (Wildman–Crippen LogP) is 8.14. The summed E-state index contributed by atoms with van der Waals surface area (Å²) in [4.78, 5) is 48.4. The van der Waals surface area contributed by atoms with E-state index >= 15 is 0 Å². The Kier molecular flexibility index (Phi) is 30.0. The maximum atomic E-state index is 12.8. The van der Waals surface area contributed by atoms with Gasteiger partial charge in [0.15, 0.2) is 6.10 Å². The molecule has 0 amide bonds. The molecule has 1 aliphatic rings. The van der Waals surface area contributed by atoms with Gasteiger partial charge in [0, 0.05) is 43.9 Å². The van der Waals surface area contributed by atoms with Crippen LogP contribution >= 0.6 is 7.82 Å². The molecule has 0 aromatic rings. The van der Waals surface area contributed by atoms with Gasteiger partial charge in [-0.1, -0.05) is 122 Å². The van der Waals surface area contributed by atoms with E-state index in [4.69, 9.17) is 18.5 Å². The minimum absolute atomic E-state index is 0.00642. The standard InChI is InChI=1S/C44H82NO12P/c1-6-8-10-11-12-13-14-15-16-17-18-19-21-27-44(51)57-38(35-56-58(52,53)55-31-30-45(3,4)5)34-54-43(50)26-23-22-25-37(47)32-40-39(41(48)33-42(40)49)29-28-36(46)24-20-9-7-2/h28-29,36,38-42,46,48-49H,6-27,30-35H2,1-5H3/p+1/b29-28+/t36-,38+,39+,40+,41+,42-/m0/s1. The van der Waals surface area contributed by atoms with Gasteiger partial charge in [-0.15, -0.1) is 0 Å². The Bertz CT molecular complexity index is 1180. The first kappa shape index (κ1) is 54.3. The molecule has 1 aliphatic carbocycles. The molecular weight excluding hydrogens is 765 g/mol. The SMILES string of the molecule is CCCCCCCCCCCCCCCC(=O)O[C@H](COC(=O)CCCCC(=O)C[C@@H]1[C@@H](/C=C/[C@@H](O)CCCCC)[C@H](O)C[C@@H]1O)COP(=O)(O)OCC[N+](C)(C)C. The van der Waals surface area contributed by atoms with Crippen LogP contribution in [-0.4, -0.2) is 114 Å². The number of phosphoric acid groups is 1. The van der Waals surface area contributed by atoms with Crippen LogP contribution < -0.4 is 0 Å². The number of rotatable bonds is 37. The summed E-state index contributed by atoms with van der Waals surface area (Å²) in [6.07, 6.45) is 20.3. The predicted molar refractivity (Wildman–Crippen MR) is 227 cm³/mol. The second-order valence-corrected chi connectivity index (χ2v) is 18.9. The van der Waals surface area contributed by atoms with E-state index in [1.807, 2.05) is 21.1 Å². The first-order valence-electron chi connectivity index (χ1n) is 22.6. The summed E-state index contributed by atoms with van der Waals surface area (Å²) in [5, 5.41) is 31.3. The van der Waals surface area contributed by atoms with Crippen molar-refractivity contribution in [2.45, 2.75) is 192 Å². The summed E-state index contributed by atoms with van der Waals surface area (Å²) in [6.45, 7) is 3.89. The van der Waals surface area contributed by atoms with E-state index in [0.29, 0.717) is 36.7 Å². The molecule has 0 aliphatic heterocycles. The third-order valence-corrected chi connectivity index (χ3v) is 11.8. The van der Waals surface area contributed by atoms with E-state index in [1.54, 1.807) is 12.2 Å². The summed E-state index contributed by atoms with van der Waals surface area (Å²) in [7, 11) is 1.28. The maximum Gasteiger partial charge on any atom is 0.472 e. The third kappa shape index (κ3) is 28.7. The number of carbonyl (C=O) groups excluding carboxylic acids is 3. The maximum absolute atomic E-state index is 12.8. The molecule has 0 bridgehead atoms. The van der Waals surface area contributed by atoms with Crippen LogP contribution in [0.2, 0.25) is 0 Å². The minimum atomic E-state index is -4.46. The highest BCUT2D eigenvalue weighted by Gasteiger charge is 2.41. The van der Waals surface area contributed by atoms with Crippen LogP contribution in [0.15, 0.2) is 12.2 Å². The zero-order valence-corrected chi connectivity index (χ0v) is 37.8. The molecule has 0 saturated heterocycles. The van der Waals surface area contributed by atoms with Gasteiger partial charge in [-0.3, -0.25) is 23.4 Å². The van der Waals surface area contributed by atoms with Gasteiger partial charge in [0.25, 0.3) is 0 Å². The average Bonchev–Trinajstić information content (AvgIpc) is 3.41. The lowest BCUT2D eigenvalue weighted by molar-refractivity contribution is -0.870. The molecule has 0 aromatic heterocycles. The molecule has 58 heavy (non-hydrogen) atoms.